The Labute approximate surface area is 151 Å². The molecule has 0 saturated heterocycles. The molecule has 1 N–H and O–H groups in total. The van der Waals surface area contributed by atoms with Gasteiger partial charge in [-0.1, -0.05) is 0 Å². The largest absolute Gasteiger partial charge is 0.296 e. The first-order chi connectivity index (χ1) is 12.7. The molecule has 4 rings (SSSR count). The van der Waals surface area contributed by atoms with E-state index in [1.54, 1.807) is 34.7 Å². The van der Waals surface area contributed by atoms with Gasteiger partial charge < -0.3 is 0 Å². The van der Waals surface area contributed by atoms with E-state index in [1.807, 2.05) is 6.07 Å². The van der Waals surface area contributed by atoms with Gasteiger partial charge in [0.1, 0.15) is 17.2 Å². The molecule has 0 aliphatic heterocycles. The zero-order valence-corrected chi connectivity index (χ0v) is 14.0. The van der Waals surface area contributed by atoms with Crippen LogP contribution in [-0.4, -0.2) is 30.4 Å². The third-order valence-electron chi connectivity index (χ3n) is 3.51. The molecule has 0 aromatic carbocycles. The average molecular weight is 366 g/mol. The molecule has 7 nitrogen and oxygen atoms in total. The number of nitrogens with one attached hydrogen (secondary N) is 1. The van der Waals surface area contributed by atoms with E-state index in [1.165, 1.54) is 29.7 Å². The zero-order valence-electron chi connectivity index (χ0n) is 13.2. The van der Waals surface area contributed by atoms with E-state index in [4.69, 9.17) is 0 Å². The molecule has 26 heavy (non-hydrogen) atoms. The fraction of sp³-hybridized carbons (Fsp3) is 0. The van der Waals surface area contributed by atoms with Gasteiger partial charge in [0, 0.05) is 11.6 Å². The van der Waals surface area contributed by atoms with Gasteiger partial charge >= 0.3 is 0 Å². The first kappa shape index (κ1) is 16.0. The van der Waals surface area contributed by atoms with Crippen molar-refractivity contribution in [2.75, 3.05) is 5.32 Å². The van der Waals surface area contributed by atoms with Crippen molar-refractivity contribution >= 4 is 22.4 Å². The summed E-state index contributed by atoms with van der Waals surface area (Å²) in [7, 11) is 0. The lowest BCUT2D eigenvalue weighted by atomic mass is 10.3. The molecule has 0 aliphatic carbocycles. The maximum Gasteiger partial charge on any atom is 0.276 e. The molecule has 0 aliphatic rings. The first-order valence-electron chi connectivity index (χ1n) is 7.52. The Morgan fingerprint density at radius 2 is 2.04 bits per heavy atom. The number of anilines is 1. The minimum absolute atomic E-state index is 0.348. The second kappa shape index (κ2) is 6.81. The number of rotatable bonds is 4. The molecule has 0 atom stereocenters. The third kappa shape index (κ3) is 3.20. The van der Waals surface area contributed by atoms with E-state index in [0.717, 1.165) is 11.9 Å². The summed E-state index contributed by atoms with van der Waals surface area (Å²) in [5, 5.41) is 4.90. The third-order valence-corrected chi connectivity index (χ3v) is 4.27. The summed E-state index contributed by atoms with van der Waals surface area (Å²) in [6.07, 6.45) is 7.43. The Bertz CT molecular complexity index is 1040. The number of halogens is 1. The number of carbonyl (C=O) groups is 1. The van der Waals surface area contributed by atoms with Crippen LogP contribution in [0.25, 0.3) is 17.1 Å². The Kier molecular flexibility index (Phi) is 4.20. The van der Waals surface area contributed by atoms with Crippen LogP contribution >= 0.6 is 11.3 Å². The highest BCUT2D eigenvalue weighted by atomic mass is 32.1. The maximum absolute atomic E-state index is 13.0. The summed E-state index contributed by atoms with van der Waals surface area (Å²) in [5.74, 6) is -0.763. The number of imidazole rings is 1. The lowest BCUT2D eigenvalue weighted by Crippen LogP contribution is -2.16. The number of nitrogens with zero attached hydrogens (tertiary/aromatic N) is 5. The number of thiazole rings is 1. The monoisotopic (exact) mass is 366 g/mol. The van der Waals surface area contributed by atoms with Crippen molar-refractivity contribution in [2.45, 2.75) is 0 Å². The summed E-state index contributed by atoms with van der Waals surface area (Å²) in [6.45, 7) is 0. The predicted molar refractivity (Wildman–Crippen MR) is 94.6 cm³/mol. The first-order valence-corrected chi connectivity index (χ1v) is 8.40. The van der Waals surface area contributed by atoms with Crippen LogP contribution in [-0.2, 0) is 0 Å². The molecule has 9 heteroatoms. The summed E-state index contributed by atoms with van der Waals surface area (Å²) >= 11 is 1.26. The molecular formula is C17H11FN6OS. The zero-order chi connectivity index (χ0) is 17.9. The van der Waals surface area contributed by atoms with Gasteiger partial charge in [0.15, 0.2) is 5.13 Å². The van der Waals surface area contributed by atoms with Gasteiger partial charge in [-0.15, -0.1) is 11.3 Å². The van der Waals surface area contributed by atoms with Gasteiger partial charge in [-0.2, -0.15) is 0 Å². The second-order valence-corrected chi connectivity index (χ2v) is 6.07. The second-order valence-electron chi connectivity index (χ2n) is 5.21. The fourth-order valence-corrected chi connectivity index (χ4v) is 3.00. The van der Waals surface area contributed by atoms with Crippen molar-refractivity contribution in [1.29, 1.82) is 0 Å². The van der Waals surface area contributed by atoms with Crippen LogP contribution in [0.3, 0.4) is 0 Å². The van der Waals surface area contributed by atoms with Crippen LogP contribution in [0.15, 0.2) is 60.8 Å². The van der Waals surface area contributed by atoms with Crippen molar-refractivity contribution in [3.8, 4) is 17.1 Å². The summed E-state index contributed by atoms with van der Waals surface area (Å²) in [6, 6.07) is 6.45. The van der Waals surface area contributed by atoms with E-state index < -0.39 is 5.82 Å². The van der Waals surface area contributed by atoms with Crippen LogP contribution in [0.5, 0.6) is 0 Å². The highest BCUT2D eigenvalue weighted by Crippen LogP contribution is 2.24. The molecule has 4 heterocycles. The average Bonchev–Trinajstić information content (AvgIpc) is 3.32. The van der Waals surface area contributed by atoms with E-state index in [-0.39, 0.29) is 5.91 Å². The van der Waals surface area contributed by atoms with Crippen molar-refractivity contribution in [3.63, 3.8) is 0 Å². The number of pyridine rings is 2. The Morgan fingerprint density at radius 1 is 1.12 bits per heavy atom. The van der Waals surface area contributed by atoms with E-state index in [0.29, 0.717) is 22.2 Å². The Hall–Kier alpha value is -3.46. The number of carbonyl (C=O) groups excluding carboxylic acids is 1. The van der Waals surface area contributed by atoms with E-state index in [2.05, 4.69) is 25.3 Å². The van der Waals surface area contributed by atoms with Gasteiger partial charge in [-0.25, -0.2) is 14.4 Å². The number of hydrogen-bond acceptors (Lipinski definition) is 6. The van der Waals surface area contributed by atoms with E-state index in [9.17, 15) is 9.18 Å². The smallest absolute Gasteiger partial charge is 0.276 e. The SMILES string of the molecule is O=C(Nc1nc(-c2ccc(F)cn2)cs1)c1cncn1-c1cccnc1. The predicted octanol–water partition coefficient (Wildman–Crippen LogP) is 3.18. The summed E-state index contributed by atoms with van der Waals surface area (Å²) < 4.78 is 14.6. The van der Waals surface area contributed by atoms with Gasteiger partial charge in [-0.05, 0) is 24.3 Å². The maximum atomic E-state index is 13.0. The quantitative estimate of drug-likeness (QED) is 0.600. The van der Waals surface area contributed by atoms with Crippen LogP contribution in [0.1, 0.15) is 10.5 Å². The lowest BCUT2D eigenvalue weighted by Gasteiger charge is -2.06. The number of amides is 1. The van der Waals surface area contributed by atoms with Crippen molar-refractivity contribution in [3.05, 3.63) is 72.3 Å². The van der Waals surface area contributed by atoms with Crippen molar-refractivity contribution in [2.24, 2.45) is 0 Å². The molecule has 4 aromatic heterocycles. The number of aromatic nitrogens is 5. The minimum atomic E-state index is -0.416. The van der Waals surface area contributed by atoms with Gasteiger partial charge in [-0.3, -0.25) is 24.6 Å². The minimum Gasteiger partial charge on any atom is -0.296 e. The Morgan fingerprint density at radius 3 is 2.81 bits per heavy atom. The van der Waals surface area contributed by atoms with Crippen LogP contribution < -0.4 is 5.32 Å². The molecule has 0 bridgehead atoms. The fourth-order valence-electron chi connectivity index (χ4n) is 2.30. The van der Waals surface area contributed by atoms with Gasteiger partial charge in [0.05, 0.1) is 36.3 Å². The molecule has 0 radical (unpaired) electrons. The molecule has 1 amide bonds. The van der Waals surface area contributed by atoms with Crippen LogP contribution in [0.4, 0.5) is 9.52 Å². The lowest BCUT2D eigenvalue weighted by molar-refractivity contribution is 0.102. The highest BCUT2D eigenvalue weighted by molar-refractivity contribution is 7.14. The van der Waals surface area contributed by atoms with Crippen LogP contribution in [0.2, 0.25) is 0 Å². The molecule has 4 aromatic rings. The summed E-state index contributed by atoms with van der Waals surface area (Å²) in [4.78, 5) is 28.9. The number of hydrogen-bond donors (Lipinski definition) is 1. The van der Waals surface area contributed by atoms with Gasteiger partial charge in [0.25, 0.3) is 5.91 Å². The highest BCUT2D eigenvalue weighted by Gasteiger charge is 2.15. The van der Waals surface area contributed by atoms with Crippen molar-refractivity contribution in [1.82, 2.24) is 24.5 Å². The summed E-state index contributed by atoms with van der Waals surface area (Å²) in [5.41, 5.74) is 2.18. The normalized spacial score (nSPS) is 10.7. The standard InChI is InChI=1S/C17H11FN6OS/c18-11-3-4-13(21-6-11)14-9-26-17(22-14)23-16(25)15-8-20-10-24(15)12-2-1-5-19-7-12/h1-10H,(H,22,23,25). The topological polar surface area (TPSA) is 85.6 Å². The molecular weight excluding hydrogens is 355 g/mol. The molecule has 0 unspecified atom stereocenters. The molecule has 0 fully saturated rings. The van der Waals surface area contributed by atoms with Crippen LogP contribution in [0, 0.1) is 5.82 Å². The van der Waals surface area contributed by atoms with Crippen molar-refractivity contribution < 1.29 is 9.18 Å². The molecule has 0 saturated carbocycles. The van der Waals surface area contributed by atoms with Gasteiger partial charge in [0.2, 0.25) is 0 Å². The Balaban J connectivity index is 1.55. The molecule has 0 spiro atoms. The molecule has 128 valence electrons. The van der Waals surface area contributed by atoms with E-state index >= 15 is 0 Å².